The fourth-order valence-electron chi connectivity index (χ4n) is 3.35. The van der Waals surface area contributed by atoms with Gasteiger partial charge in [-0.1, -0.05) is 31.5 Å². The average Bonchev–Trinajstić information content (AvgIpc) is 2.68. The summed E-state index contributed by atoms with van der Waals surface area (Å²) >= 11 is 0. The van der Waals surface area contributed by atoms with Crippen molar-refractivity contribution < 1.29 is 13.2 Å². The van der Waals surface area contributed by atoms with Crippen LogP contribution in [0.1, 0.15) is 30.5 Å². The Hall–Kier alpha value is -2.05. The number of aryl methyl sites for hydroxylation is 3. The van der Waals surface area contributed by atoms with Crippen LogP contribution in [-0.4, -0.2) is 34.7 Å². The zero-order valence-corrected chi connectivity index (χ0v) is 17.1. The van der Waals surface area contributed by atoms with Crippen LogP contribution in [0.15, 0.2) is 41.3 Å². The fraction of sp³-hybridized carbons (Fsp3) is 0.429. The summed E-state index contributed by atoms with van der Waals surface area (Å²) in [6.45, 7) is 9.23. The third-order valence-corrected chi connectivity index (χ3v) is 6.36. The number of hydrogen-bond donors (Lipinski definition) is 1. The molecular formula is C21H28N2O3S. The standard InChI is InChI=1S/C21H28N2O3S/c1-4-17-14-19(23-10-12-26-13-11-23)15-18(5-2)21(17)22-27(24,25)20-8-6-16(3)7-9-20/h6-9,14-15,22H,4-5,10-13H2,1-3H3. The number of rotatable bonds is 6. The minimum Gasteiger partial charge on any atom is -0.378 e. The molecule has 5 nitrogen and oxygen atoms in total. The molecule has 1 aliphatic heterocycles. The number of ether oxygens (including phenoxy) is 1. The van der Waals surface area contributed by atoms with E-state index in [2.05, 4.69) is 35.6 Å². The van der Waals surface area contributed by atoms with Gasteiger partial charge in [-0.25, -0.2) is 8.42 Å². The summed E-state index contributed by atoms with van der Waals surface area (Å²) in [5, 5.41) is 0. The molecule has 0 radical (unpaired) electrons. The Morgan fingerprint density at radius 2 is 1.56 bits per heavy atom. The summed E-state index contributed by atoms with van der Waals surface area (Å²) in [4.78, 5) is 2.59. The first-order valence-electron chi connectivity index (χ1n) is 9.52. The Morgan fingerprint density at radius 3 is 2.07 bits per heavy atom. The number of nitrogens with zero attached hydrogens (tertiary/aromatic N) is 1. The molecule has 146 valence electrons. The molecule has 0 aromatic heterocycles. The van der Waals surface area contributed by atoms with Crippen LogP contribution in [0.3, 0.4) is 0 Å². The van der Waals surface area contributed by atoms with Crippen LogP contribution in [0.25, 0.3) is 0 Å². The molecule has 0 spiro atoms. The van der Waals surface area contributed by atoms with Crippen LogP contribution in [0.2, 0.25) is 0 Å². The van der Waals surface area contributed by atoms with Gasteiger partial charge in [-0.15, -0.1) is 0 Å². The maximum atomic E-state index is 12.9. The Balaban J connectivity index is 1.97. The lowest BCUT2D eigenvalue weighted by Crippen LogP contribution is -2.36. The van der Waals surface area contributed by atoms with Crippen molar-refractivity contribution in [2.75, 3.05) is 35.9 Å². The van der Waals surface area contributed by atoms with Crippen molar-refractivity contribution in [1.82, 2.24) is 0 Å². The van der Waals surface area contributed by atoms with E-state index in [1.165, 1.54) is 0 Å². The van der Waals surface area contributed by atoms with Crippen LogP contribution in [0, 0.1) is 6.92 Å². The Labute approximate surface area is 162 Å². The SMILES string of the molecule is CCc1cc(N2CCOCC2)cc(CC)c1NS(=O)(=O)c1ccc(C)cc1. The number of anilines is 2. The molecule has 0 unspecified atom stereocenters. The zero-order valence-electron chi connectivity index (χ0n) is 16.3. The summed E-state index contributed by atoms with van der Waals surface area (Å²) in [6.07, 6.45) is 1.52. The minimum atomic E-state index is -3.62. The molecule has 0 saturated carbocycles. The molecule has 6 heteroatoms. The summed E-state index contributed by atoms with van der Waals surface area (Å²) in [5.74, 6) is 0. The molecule has 0 amide bonds. The van der Waals surface area contributed by atoms with Gasteiger partial charge in [0, 0.05) is 18.8 Å². The highest BCUT2D eigenvalue weighted by atomic mass is 32.2. The van der Waals surface area contributed by atoms with Gasteiger partial charge < -0.3 is 9.64 Å². The van der Waals surface area contributed by atoms with Gasteiger partial charge in [-0.05, 0) is 55.2 Å². The lowest BCUT2D eigenvalue weighted by Gasteiger charge is -2.30. The van der Waals surface area contributed by atoms with E-state index >= 15 is 0 Å². The van der Waals surface area contributed by atoms with Gasteiger partial charge in [-0.2, -0.15) is 0 Å². The lowest BCUT2D eigenvalue weighted by molar-refractivity contribution is 0.122. The van der Waals surface area contributed by atoms with E-state index in [0.29, 0.717) is 0 Å². The third-order valence-electron chi connectivity index (χ3n) is 4.99. The van der Waals surface area contributed by atoms with Gasteiger partial charge in [0.1, 0.15) is 0 Å². The van der Waals surface area contributed by atoms with E-state index in [-0.39, 0.29) is 4.90 Å². The smallest absolute Gasteiger partial charge is 0.261 e. The highest BCUT2D eigenvalue weighted by Gasteiger charge is 2.20. The Kier molecular flexibility index (Phi) is 6.07. The van der Waals surface area contributed by atoms with Crippen molar-refractivity contribution in [2.45, 2.75) is 38.5 Å². The van der Waals surface area contributed by atoms with Crippen LogP contribution >= 0.6 is 0 Å². The minimum absolute atomic E-state index is 0.287. The first kappa shape index (κ1) is 19.7. The number of morpholine rings is 1. The number of sulfonamides is 1. The number of nitrogens with one attached hydrogen (secondary N) is 1. The topological polar surface area (TPSA) is 58.6 Å². The molecule has 2 aromatic carbocycles. The maximum Gasteiger partial charge on any atom is 0.261 e. The molecule has 0 bridgehead atoms. The number of hydrogen-bond acceptors (Lipinski definition) is 4. The summed E-state index contributed by atoms with van der Waals surface area (Å²) < 4.78 is 34.1. The highest BCUT2D eigenvalue weighted by Crippen LogP contribution is 2.31. The van der Waals surface area contributed by atoms with E-state index in [9.17, 15) is 8.42 Å². The van der Waals surface area contributed by atoms with Gasteiger partial charge >= 0.3 is 0 Å². The lowest BCUT2D eigenvalue weighted by atomic mass is 10.0. The molecule has 0 aliphatic carbocycles. The van der Waals surface area contributed by atoms with Gasteiger partial charge in [0.15, 0.2) is 0 Å². The monoisotopic (exact) mass is 388 g/mol. The van der Waals surface area contributed by atoms with Gasteiger partial charge in [0.25, 0.3) is 10.0 Å². The van der Waals surface area contributed by atoms with Crippen molar-refractivity contribution in [3.8, 4) is 0 Å². The normalized spacial score (nSPS) is 15.0. The van der Waals surface area contributed by atoms with E-state index in [1.54, 1.807) is 12.1 Å². The highest BCUT2D eigenvalue weighted by molar-refractivity contribution is 7.92. The van der Waals surface area contributed by atoms with Crippen molar-refractivity contribution >= 4 is 21.4 Å². The molecule has 3 rings (SSSR count). The maximum absolute atomic E-state index is 12.9. The van der Waals surface area contributed by atoms with E-state index in [0.717, 1.165) is 67.2 Å². The summed E-state index contributed by atoms with van der Waals surface area (Å²) in [5.41, 5.74) is 4.94. The van der Waals surface area contributed by atoms with Crippen molar-refractivity contribution in [3.05, 3.63) is 53.1 Å². The quantitative estimate of drug-likeness (QED) is 0.819. The summed E-state index contributed by atoms with van der Waals surface area (Å²) in [6, 6.07) is 11.2. The predicted molar refractivity (Wildman–Crippen MR) is 110 cm³/mol. The second-order valence-corrected chi connectivity index (χ2v) is 8.55. The molecule has 2 aromatic rings. The molecule has 0 atom stereocenters. The third kappa shape index (κ3) is 4.45. The molecule has 1 heterocycles. The van der Waals surface area contributed by atoms with Crippen LogP contribution in [0.5, 0.6) is 0 Å². The van der Waals surface area contributed by atoms with Gasteiger partial charge in [0.05, 0.1) is 23.8 Å². The van der Waals surface area contributed by atoms with Crippen LogP contribution in [-0.2, 0) is 27.6 Å². The van der Waals surface area contributed by atoms with Crippen LogP contribution < -0.4 is 9.62 Å². The second-order valence-electron chi connectivity index (χ2n) is 6.86. The zero-order chi connectivity index (χ0) is 19.4. The molecule has 1 saturated heterocycles. The van der Waals surface area contributed by atoms with Crippen LogP contribution in [0.4, 0.5) is 11.4 Å². The van der Waals surface area contributed by atoms with Gasteiger partial charge in [0.2, 0.25) is 0 Å². The van der Waals surface area contributed by atoms with Crippen molar-refractivity contribution in [1.29, 1.82) is 0 Å². The fourth-order valence-corrected chi connectivity index (χ4v) is 4.50. The first-order chi connectivity index (χ1) is 12.9. The second kappa shape index (κ2) is 8.31. The van der Waals surface area contributed by atoms with Gasteiger partial charge in [-0.3, -0.25) is 4.72 Å². The summed E-state index contributed by atoms with van der Waals surface area (Å²) in [7, 11) is -3.62. The average molecular weight is 389 g/mol. The van der Waals surface area contributed by atoms with Crippen molar-refractivity contribution in [2.24, 2.45) is 0 Å². The molecule has 1 aliphatic rings. The van der Waals surface area contributed by atoms with E-state index in [1.807, 2.05) is 19.1 Å². The van der Waals surface area contributed by atoms with Crippen molar-refractivity contribution in [3.63, 3.8) is 0 Å². The van der Waals surface area contributed by atoms with E-state index < -0.39 is 10.0 Å². The Morgan fingerprint density at radius 1 is 1.00 bits per heavy atom. The first-order valence-corrected chi connectivity index (χ1v) is 11.0. The molecule has 1 N–H and O–H groups in total. The molecule has 1 fully saturated rings. The predicted octanol–water partition coefficient (Wildman–Crippen LogP) is 3.76. The largest absolute Gasteiger partial charge is 0.378 e. The van der Waals surface area contributed by atoms with E-state index in [4.69, 9.17) is 4.74 Å². The number of benzene rings is 2. The Bertz CT molecular complexity index is 861. The molecular weight excluding hydrogens is 360 g/mol. The molecule has 27 heavy (non-hydrogen) atoms.